The lowest BCUT2D eigenvalue weighted by molar-refractivity contribution is -0.138. The Bertz CT molecular complexity index is 404. The first-order chi connectivity index (χ1) is 7.49. The molecule has 0 heterocycles. The molecule has 0 amide bonds. The summed E-state index contributed by atoms with van der Waals surface area (Å²) in [6, 6.07) is 2.46. The largest absolute Gasteiger partial charge is 0.491 e. The highest BCUT2D eigenvalue weighted by Crippen LogP contribution is 2.27. The average Bonchev–Trinajstić information content (AvgIpc) is 2.24. The quantitative estimate of drug-likeness (QED) is 0.864. The summed E-state index contributed by atoms with van der Waals surface area (Å²) in [7, 11) is 0. The van der Waals surface area contributed by atoms with Crippen LogP contribution in [0, 0.1) is 11.6 Å². The van der Waals surface area contributed by atoms with Crippen molar-refractivity contribution in [2.75, 3.05) is 6.61 Å². The molecule has 1 aromatic carbocycles. The standard InChI is InChI=1S/C11H12F2O3/c1-3-16-8-5-4-7(6(2)11(14)15)9(12)10(8)13/h4-6H,3H2,1-2H3,(H,14,15). The number of rotatable bonds is 4. The minimum Gasteiger partial charge on any atom is -0.491 e. The summed E-state index contributed by atoms with van der Waals surface area (Å²) in [5.41, 5.74) is -0.187. The molecular weight excluding hydrogens is 218 g/mol. The highest BCUT2D eigenvalue weighted by atomic mass is 19.2. The van der Waals surface area contributed by atoms with Crippen LogP contribution in [0.4, 0.5) is 8.78 Å². The summed E-state index contributed by atoms with van der Waals surface area (Å²) < 4.78 is 31.7. The van der Waals surface area contributed by atoms with Crippen molar-refractivity contribution in [1.82, 2.24) is 0 Å². The topological polar surface area (TPSA) is 46.5 Å². The van der Waals surface area contributed by atoms with Crippen molar-refractivity contribution in [1.29, 1.82) is 0 Å². The number of ether oxygens (including phenoxy) is 1. The van der Waals surface area contributed by atoms with Crippen molar-refractivity contribution in [2.24, 2.45) is 0 Å². The third-order valence-electron chi connectivity index (χ3n) is 2.21. The summed E-state index contributed by atoms with van der Waals surface area (Å²) >= 11 is 0. The summed E-state index contributed by atoms with van der Waals surface area (Å²) in [6.07, 6.45) is 0. The van der Waals surface area contributed by atoms with E-state index < -0.39 is 23.5 Å². The number of hydrogen-bond donors (Lipinski definition) is 1. The van der Waals surface area contributed by atoms with Gasteiger partial charge in [0.1, 0.15) is 0 Å². The molecule has 0 aliphatic heterocycles. The molecule has 0 aliphatic rings. The van der Waals surface area contributed by atoms with E-state index in [0.717, 1.165) is 0 Å². The molecule has 88 valence electrons. The van der Waals surface area contributed by atoms with Crippen LogP contribution in [0.25, 0.3) is 0 Å². The summed E-state index contributed by atoms with van der Waals surface area (Å²) in [4.78, 5) is 10.7. The lowest BCUT2D eigenvalue weighted by Crippen LogP contribution is -2.11. The van der Waals surface area contributed by atoms with Gasteiger partial charge in [0.05, 0.1) is 12.5 Å². The van der Waals surface area contributed by atoms with Gasteiger partial charge in [0.2, 0.25) is 5.82 Å². The number of aliphatic carboxylic acids is 1. The van der Waals surface area contributed by atoms with Gasteiger partial charge >= 0.3 is 5.97 Å². The Morgan fingerprint density at radius 2 is 2.06 bits per heavy atom. The Balaban J connectivity index is 3.16. The fraction of sp³-hybridized carbons (Fsp3) is 0.364. The van der Waals surface area contributed by atoms with Gasteiger partial charge in [0.25, 0.3) is 0 Å². The highest BCUT2D eigenvalue weighted by molar-refractivity contribution is 5.75. The number of benzene rings is 1. The van der Waals surface area contributed by atoms with Crippen LogP contribution >= 0.6 is 0 Å². The number of halogens is 2. The molecule has 1 N–H and O–H groups in total. The fourth-order valence-electron chi connectivity index (χ4n) is 1.28. The van der Waals surface area contributed by atoms with E-state index in [2.05, 4.69) is 0 Å². The lowest BCUT2D eigenvalue weighted by Gasteiger charge is -2.11. The Morgan fingerprint density at radius 3 is 2.56 bits per heavy atom. The van der Waals surface area contributed by atoms with E-state index in [1.807, 2.05) is 0 Å². The maximum absolute atomic E-state index is 13.5. The molecule has 0 fully saturated rings. The van der Waals surface area contributed by atoms with Gasteiger partial charge < -0.3 is 9.84 Å². The molecule has 0 radical (unpaired) electrons. The molecule has 5 heteroatoms. The molecule has 1 rings (SSSR count). The summed E-state index contributed by atoms with van der Waals surface area (Å²) in [5, 5.41) is 8.70. The summed E-state index contributed by atoms with van der Waals surface area (Å²) in [6.45, 7) is 3.15. The molecule has 3 nitrogen and oxygen atoms in total. The predicted molar refractivity (Wildman–Crippen MR) is 53.6 cm³/mol. The minimum atomic E-state index is -1.21. The van der Waals surface area contributed by atoms with E-state index in [4.69, 9.17) is 9.84 Å². The van der Waals surface area contributed by atoms with Gasteiger partial charge in [-0.2, -0.15) is 4.39 Å². The van der Waals surface area contributed by atoms with E-state index in [0.29, 0.717) is 0 Å². The molecule has 0 saturated heterocycles. The second-order valence-electron chi connectivity index (χ2n) is 3.27. The zero-order valence-electron chi connectivity index (χ0n) is 8.96. The van der Waals surface area contributed by atoms with E-state index in [1.165, 1.54) is 19.1 Å². The molecule has 16 heavy (non-hydrogen) atoms. The summed E-state index contributed by atoms with van der Waals surface area (Å²) in [5.74, 6) is -4.82. The van der Waals surface area contributed by atoms with Gasteiger partial charge in [-0.05, 0) is 19.9 Å². The van der Waals surface area contributed by atoms with Gasteiger partial charge in [0, 0.05) is 5.56 Å². The van der Waals surface area contributed by atoms with Crippen LogP contribution in [0.3, 0.4) is 0 Å². The van der Waals surface area contributed by atoms with Crippen LogP contribution in [0.5, 0.6) is 5.75 Å². The first-order valence-corrected chi connectivity index (χ1v) is 4.82. The predicted octanol–water partition coefficient (Wildman–Crippen LogP) is 2.55. The average molecular weight is 230 g/mol. The van der Waals surface area contributed by atoms with Crippen molar-refractivity contribution < 1.29 is 23.4 Å². The van der Waals surface area contributed by atoms with Crippen LogP contribution in [-0.2, 0) is 4.79 Å². The van der Waals surface area contributed by atoms with Gasteiger partial charge in [-0.1, -0.05) is 6.07 Å². The van der Waals surface area contributed by atoms with Crippen molar-refractivity contribution in [3.05, 3.63) is 29.3 Å². The Labute approximate surface area is 91.7 Å². The molecule has 0 aromatic heterocycles. The zero-order chi connectivity index (χ0) is 12.3. The maximum atomic E-state index is 13.5. The molecule has 0 spiro atoms. The molecular formula is C11H12F2O3. The van der Waals surface area contributed by atoms with Gasteiger partial charge in [0.15, 0.2) is 11.6 Å². The Kier molecular flexibility index (Phi) is 3.82. The molecule has 1 unspecified atom stereocenters. The van der Waals surface area contributed by atoms with Gasteiger partial charge in [-0.15, -0.1) is 0 Å². The van der Waals surface area contributed by atoms with Gasteiger partial charge in [-0.25, -0.2) is 4.39 Å². The van der Waals surface area contributed by atoms with E-state index >= 15 is 0 Å². The number of carboxylic acid groups (broad SMARTS) is 1. The smallest absolute Gasteiger partial charge is 0.310 e. The monoisotopic (exact) mass is 230 g/mol. The molecule has 1 atom stereocenters. The normalized spacial score (nSPS) is 12.2. The third kappa shape index (κ3) is 2.29. The minimum absolute atomic E-state index is 0.187. The Hall–Kier alpha value is -1.65. The van der Waals surface area contributed by atoms with Crippen LogP contribution in [0.2, 0.25) is 0 Å². The van der Waals surface area contributed by atoms with E-state index in [1.54, 1.807) is 6.92 Å². The van der Waals surface area contributed by atoms with E-state index in [9.17, 15) is 13.6 Å². The molecule has 1 aromatic rings. The second-order valence-corrected chi connectivity index (χ2v) is 3.27. The lowest BCUT2D eigenvalue weighted by atomic mass is 10.0. The number of hydrogen-bond acceptors (Lipinski definition) is 2. The second kappa shape index (κ2) is 4.92. The van der Waals surface area contributed by atoms with Crippen molar-refractivity contribution in [2.45, 2.75) is 19.8 Å². The molecule has 0 saturated carbocycles. The first-order valence-electron chi connectivity index (χ1n) is 4.82. The highest BCUT2D eigenvalue weighted by Gasteiger charge is 2.22. The van der Waals surface area contributed by atoms with Crippen molar-refractivity contribution in [3.63, 3.8) is 0 Å². The van der Waals surface area contributed by atoms with Gasteiger partial charge in [-0.3, -0.25) is 4.79 Å². The Morgan fingerprint density at radius 1 is 1.44 bits per heavy atom. The number of carbonyl (C=O) groups is 1. The molecule has 0 bridgehead atoms. The third-order valence-corrected chi connectivity index (χ3v) is 2.21. The van der Waals surface area contributed by atoms with E-state index in [-0.39, 0.29) is 17.9 Å². The fourth-order valence-corrected chi connectivity index (χ4v) is 1.28. The van der Waals surface area contributed by atoms with Crippen LogP contribution in [-0.4, -0.2) is 17.7 Å². The van der Waals surface area contributed by atoms with Crippen LogP contribution in [0.15, 0.2) is 12.1 Å². The zero-order valence-corrected chi connectivity index (χ0v) is 8.96. The number of carboxylic acids is 1. The van der Waals surface area contributed by atoms with Crippen molar-refractivity contribution >= 4 is 5.97 Å². The SMILES string of the molecule is CCOc1ccc(C(C)C(=O)O)c(F)c1F. The van der Waals surface area contributed by atoms with Crippen LogP contribution in [0.1, 0.15) is 25.3 Å². The van der Waals surface area contributed by atoms with Crippen molar-refractivity contribution in [3.8, 4) is 5.75 Å². The first kappa shape index (κ1) is 12.4. The molecule has 0 aliphatic carbocycles. The maximum Gasteiger partial charge on any atom is 0.310 e. The van der Waals surface area contributed by atoms with Crippen LogP contribution < -0.4 is 4.74 Å².